The first kappa shape index (κ1) is 13.6. The Morgan fingerprint density at radius 1 is 1.24 bits per heavy atom. The van der Waals surface area contributed by atoms with E-state index in [1.165, 1.54) is 11.1 Å². The summed E-state index contributed by atoms with van der Waals surface area (Å²) in [6, 6.07) is 11.8. The monoisotopic (exact) mass is 281 g/mol. The van der Waals surface area contributed by atoms with Gasteiger partial charge in [0.25, 0.3) is 5.91 Å². The minimum absolute atomic E-state index is 0.0314. The predicted octanol–water partition coefficient (Wildman–Crippen LogP) is 2.56. The van der Waals surface area contributed by atoms with Gasteiger partial charge in [0.2, 0.25) is 0 Å². The molecule has 0 atom stereocenters. The largest absolute Gasteiger partial charge is 0.384 e. The van der Waals surface area contributed by atoms with Crippen molar-refractivity contribution in [3.8, 4) is 0 Å². The van der Waals surface area contributed by atoms with Crippen molar-refractivity contribution >= 4 is 11.7 Å². The molecule has 108 valence electrons. The molecule has 1 aliphatic heterocycles. The van der Waals surface area contributed by atoms with Crippen LogP contribution in [0.15, 0.2) is 36.4 Å². The highest BCUT2D eigenvalue weighted by Gasteiger charge is 2.20. The van der Waals surface area contributed by atoms with Gasteiger partial charge in [0.15, 0.2) is 0 Å². The van der Waals surface area contributed by atoms with Crippen LogP contribution in [0.25, 0.3) is 0 Å². The number of hydrogen-bond donors (Lipinski definition) is 1. The van der Waals surface area contributed by atoms with E-state index in [1.54, 1.807) is 12.1 Å². The highest BCUT2D eigenvalue weighted by atomic mass is 16.2. The highest BCUT2D eigenvalue weighted by Crippen LogP contribution is 2.20. The molecule has 2 N–H and O–H groups in total. The molecule has 4 nitrogen and oxygen atoms in total. The molecule has 0 aliphatic carbocycles. The zero-order valence-corrected chi connectivity index (χ0v) is 12.2. The minimum atomic E-state index is 0.0314. The number of aryl methyl sites for hydroxylation is 2. The topological polar surface area (TPSA) is 59.2 Å². The van der Waals surface area contributed by atoms with Gasteiger partial charge in [-0.15, -0.1) is 0 Å². The van der Waals surface area contributed by atoms with Crippen molar-refractivity contribution in [1.82, 2.24) is 9.88 Å². The molecule has 2 heterocycles. The number of rotatable bonds is 1. The Balaban J connectivity index is 1.88. The minimum Gasteiger partial charge on any atom is -0.384 e. The van der Waals surface area contributed by atoms with E-state index in [1.807, 2.05) is 17.9 Å². The molecule has 21 heavy (non-hydrogen) atoms. The standard InChI is InChI=1S/C17H19N3O/c1-12-9-15(10-16(18)19-12)17(21)20-8-4-7-13-5-2-3-6-14(13)11-20/h2-3,5-6,9-10H,4,7-8,11H2,1H3,(H2,18,19). The van der Waals surface area contributed by atoms with E-state index in [-0.39, 0.29) is 5.91 Å². The number of nitrogens with zero attached hydrogens (tertiary/aromatic N) is 2. The second-order valence-electron chi connectivity index (χ2n) is 5.52. The lowest BCUT2D eigenvalue weighted by molar-refractivity contribution is 0.0745. The van der Waals surface area contributed by atoms with Crippen LogP contribution in [0.3, 0.4) is 0 Å². The molecule has 0 fully saturated rings. The smallest absolute Gasteiger partial charge is 0.254 e. The third kappa shape index (κ3) is 2.89. The Kier molecular flexibility index (Phi) is 3.60. The quantitative estimate of drug-likeness (QED) is 0.874. The van der Waals surface area contributed by atoms with Crippen LogP contribution in [0.4, 0.5) is 5.82 Å². The molecule has 0 spiro atoms. The molecule has 1 aromatic carbocycles. The summed E-state index contributed by atoms with van der Waals surface area (Å²) < 4.78 is 0. The Hall–Kier alpha value is -2.36. The number of hydrogen-bond acceptors (Lipinski definition) is 3. The lowest BCUT2D eigenvalue weighted by Crippen LogP contribution is -2.30. The van der Waals surface area contributed by atoms with Gasteiger partial charge in [-0.05, 0) is 43.0 Å². The van der Waals surface area contributed by atoms with Crippen molar-refractivity contribution in [3.63, 3.8) is 0 Å². The Morgan fingerprint density at radius 3 is 2.76 bits per heavy atom. The Labute approximate surface area is 124 Å². The maximum absolute atomic E-state index is 12.7. The second-order valence-corrected chi connectivity index (χ2v) is 5.52. The van der Waals surface area contributed by atoms with Crippen LogP contribution in [0, 0.1) is 6.92 Å². The molecule has 0 unspecified atom stereocenters. The maximum Gasteiger partial charge on any atom is 0.254 e. The van der Waals surface area contributed by atoms with Crippen LogP contribution in [0.1, 0.15) is 33.6 Å². The summed E-state index contributed by atoms with van der Waals surface area (Å²) in [6.45, 7) is 3.29. The first-order valence-electron chi connectivity index (χ1n) is 7.24. The molecular weight excluding hydrogens is 262 g/mol. The fraction of sp³-hybridized carbons (Fsp3) is 0.294. The molecular formula is C17H19N3O. The summed E-state index contributed by atoms with van der Waals surface area (Å²) in [7, 11) is 0. The van der Waals surface area contributed by atoms with E-state index in [4.69, 9.17) is 5.73 Å². The third-order valence-electron chi connectivity index (χ3n) is 3.86. The van der Waals surface area contributed by atoms with E-state index >= 15 is 0 Å². The zero-order valence-electron chi connectivity index (χ0n) is 12.2. The van der Waals surface area contributed by atoms with Crippen LogP contribution < -0.4 is 5.73 Å². The summed E-state index contributed by atoms with van der Waals surface area (Å²) in [5, 5.41) is 0. The molecule has 0 bridgehead atoms. The third-order valence-corrected chi connectivity index (χ3v) is 3.86. The maximum atomic E-state index is 12.7. The number of benzene rings is 1. The van der Waals surface area contributed by atoms with Gasteiger partial charge >= 0.3 is 0 Å². The first-order chi connectivity index (χ1) is 10.1. The molecule has 4 heteroatoms. The van der Waals surface area contributed by atoms with Gasteiger partial charge in [0.05, 0.1) is 0 Å². The fourth-order valence-electron chi connectivity index (χ4n) is 2.87. The van der Waals surface area contributed by atoms with Gasteiger partial charge in [0.1, 0.15) is 5.82 Å². The number of fused-ring (bicyclic) bond motifs is 1. The molecule has 1 aliphatic rings. The average Bonchev–Trinajstić information content (AvgIpc) is 2.67. The summed E-state index contributed by atoms with van der Waals surface area (Å²) in [4.78, 5) is 18.7. The van der Waals surface area contributed by atoms with E-state index in [2.05, 4.69) is 23.2 Å². The van der Waals surface area contributed by atoms with Crippen molar-refractivity contribution in [1.29, 1.82) is 0 Å². The zero-order chi connectivity index (χ0) is 14.8. The summed E-state index contributed by atoms with van der Waals surface area (Å²) in [5.41, 5.74) is 9.73. The number of pyridine rings is 1. The highest BCUT2D eigenvalue weighted by molar-refractivity contribution is 5.95. The van der Waals surface area contributed by atoms with E-state index in [0.29, 0.717) is 17.9 Å². The molecule has 1 aromatic heterocycles. The van der Waals surface area contributed by atoms with Crippen LogP contribution in [0.2, 0.25) is 0 Å². The molecule has 1 amide bonds. The van der Waals surface area contributed by atoms with Crippen molar-refractivity contribution in [2.75, 3.05) is 12.3 Å². The normalized spacial score (nSPS) is 14.4. The van der Waals surface area contributed by atoms with E-state index < -0.39 is 0 Å². The number of carbonyl (C=O) groups excluding carboxylic acids is 1. The first-order valence-corrected chi connectivity index (χ1v) is 7.24. The molecule has 2 aromatic rings. The lowest BCUT2D eigenvalue weighted by Gasteiger charge is -2.21. The Bertz CT molecular complexity index is 661. The van der Waals surface area contributed by atoms with Gasteiger partial charge in [0, 0.05) is 24.3 Å². The fourth-order valence-corrected chi connectivity index (χ4v) is 2.87. The van der Waals surface area contributed by atoms with Gasteiger partial charge < -0.3 is 10.6 Å². The number of amides is 1. The van der Waals surface area contributed by atoms with Gasteiger partial charge in [-0.3, -0.25) is 4.79 Å². The summed E-state index contributed by atoms with van der Waals surface area (Å²) >= 11 is 0. The molecule has 0 saturated carbocycles. The van der Waals surface area contributed by atoms with Gasteiger partial charge in [-0.1, -0.05) is 24.3 Å². The summed E-state index contributed by atoms with van der Waals surface area (Å²) in [5.74, 6) is 0.428. The van der Waals surface area contributed by atoms with Crippen LogP contribution in [-0.4, -0.2) is 22.3 Å². The van der Waals surface area contributed by atoms with E-state index in [9.17, 15) is 4.79 Å². The SMILES string of the molecule is Cc1cc(C(=O)N2CCCc3ccccc3C2)cc(N)n1. The van der Waals surface area contributed by atoms with E-state index in [0.717, 1.165) is 25.1 Å². The van der Waals surface area contributed by atoms with Crippen molar-refractivity contribution in [3.05, 3.63) is 58.8 Å². The molecule has 3 rings (SSSR count). The summed E-state index contributed by atoms with van der Waals surface area (Å²) in [6.07, 6.45) is 2.01. The predicted molar refractivity (Wildman–Crippen MR) is 82.9 cm³/mol. The van der Waals surface area contributed by atoms with Crippen LogP contribution in [0.5, 0.6) is 0 Å². The van der Waals surface area contributed by atoms with Crippen molar-refractivity contribution < 1.29 is 4.79 Å². The number of nitrogens with two attached hydrogens (primary N) is 1. The van der Waals surface area contributed by atoms with Crippen molar-refractivity contribution in [2.45, 2.75) is 26.3 Å². The number of aromatic nitrogens is 1. The van der Waals surface area contributed by atoms with Gasteiger partial charge in [-0.25, -0.2) is 4.98 Å². The average molecular weight is 281 g/mol. The van der Waals surface area contributed by atoms with Crippen molar-refractivity contribution in [2.24, 2.45) is 0 Å². The van der Waals surface area contributed by atoms with Gasteiger partial charge in [-0.2, -0.15) is 0 Å². The lowest BCUT2D eigenvalue weighted by atomic mass is 10.0. The molecule has 0 saturated heterocycles. The Morgan fingerprint density at radius 2 is 2.00 bits per heavy atom. The van der Waals surface area contributed by atoms with Crippen LogP contribution in [-0.2, 0) is 13.0 Å². The number of nitrogen functional groups attached to an aromatic ring is 1. The second kappa shape index (κ2) is 5.56. The number of carbonyl (C=O) groups is 1. The number of anilines is 1. The van der Waals surface area contributed by atoms with Crippen LogP contribution >= 0.6 is 0 Å². The molecule has 0 radical (unpaired) electrons.